The quantitative estimate of drug-likeness (QED) is 0.810. The molecule has 0 heterocycles. The molecule has 2 rings (SSSR count). The van der Waals surface area contributed by atoms with Crippen LogP contribution in [0.4, 0.5) is 0 Å². The first-order valence-electron chi connectivity index (χ1n) is 6.90. The predicted molar refractivity (Wildman–Crippen MR) is 79.1 cm³/mol. The Morgan fingerprint density at radius 3 is 2.72 bits per heavy atom. The average molecular weight is 312 g/mol. The lowest BCUT2D eigenvalue weighted by Gasteiger charge is -2.19. The zero-order valence-corrected chi connectivity index (χ0v) is 12.8. The highest BCUT2D eigenvalue weighted by molar-refractivity contribution is 9.10. The van der Waals surface area contributed by atoms with Gasteiger partial charge in [0.25, 0.3) is 0 Å². The van der Waals surface area contributed by atoms with Crippen LogP contribution < -0.4 is 10.1 Å². The van der Waals surface area contributed by atoms with Gasteiger partial charge in [0.15, 0.2) is 0 Å². The molecule has 1 aliphatic rings. The summed E-state index contributed by atoms with van der Waals surface area (Å²) in [7, 11) is 0. The fraction of sp³-hybridized carbons (Fsp3) is 0.600. The largest absolute Gasteiger partial charge is 0.493 e. The van der Waals surface area contributed by atoms with Gasteiger partial charge in [-0.25, -0.2) is 0 Å². The van der Waals surface area contributed by atoms with E-state index in [0.717, 1.165) is 22.7 Å². The smallest absolute Gasteiger partial charge is 0.133 e. The van der Waals surface area contributed by atoms with E-state index in [2.05, 4.69) is 46.4 Å². The van der Waals surface area contributed by atoms with E-state index in [1.807, 2.05) is 6.92 Å². The van der Waals surface area contributed by atoms with E-state index in [1.165, 1.54) is 24.8 Å². The molecule has 2 nitrogen and oxygen atoms in total. The lowest BCUT2D eigenvalue weighted by Crippen LogP contribution is -2.21. The van der Waals surface area contributed by atoms with Crippen LogP contribution in [0.2, 0.25) is 0 Å². The molecule has 0 amide bonds. The Morgan fingerprint density at radius 2 is 2.17 bits per heavy atom. The molecule has 0 radical (unpaired) electrons. The number of hydrogen-bond acceptors (Lipinski definition) is 2. The summed E-state index contributed by atoms with van der Waals surface area (Å²) in [5.74, 6) is 1.86. The topological polar surface area (TPSA) is 21.3 Å². The second-order valence-electron chi connectivity index (χ2n) is 4.91. The summed E-state index contributed by atoms with van der Waals surface area (Å²) in [5.41, 5.74) is 1.36. The minimum Gasteiger partial charge on any atom is -0.493 e. The van der Waals surface area contributed by atoms with Gasteiger partial charge in [-0.15, -0.1) is 0 Å². The van der Waals surface area contributed by atoms with Gasteiger partial charge in [-0.2, -0.15) is 0 Å². The van der Waals surface area contributed by atoms with E-state index < -0.39 is 0 Å². The van der Waals surface area contributed by atoms with Crippen molar-refractivity contribution < 1.29 is 4.74 Å². The predicted octanol–water partition coefficient (Wildman–Crippen LogP) is 4.30. The molecule has 100 valence electrons. The van der Waals surface area contributed by atoms with E-state index in [9.17, 15) is 0 Å². The van der Waals surface area contributed by atoms with Crippen molar-refractivity contribution in [3.63, 3.8) is 0 Å². The molecule has 0 saturated heterocycles. The van der Waals surface area contributed by atoms with Gasteiger partial charge in [-0.05, 0) is 59.4 Å². The van der Waals surface area contributed by atoms with Gasteiger partial charge in [0.2, 0.25) is 0 Å². The van der Waals surface area contributed by atoms with Crippen LogP contribution in [0.25, 0.3) is 0 Å². The molecule has 1 N–H and O–H groups in total. The average Bonchev–Trinajstić information content (AvgIpc) is 3.15. The number of ether oxygens (including phenoxy) is 1. The van der Waals surface area contributed by atoms with Crippen molar-refractivity contribution in [3.05, 3.63) is 28.2 Å². The molecule has 1 aliphatic carbocycles. The maximum absolute atomic E-state index is 5.56. The van der Waals surface area contributed by atoms with Gasteiger partial charge < -0.3 is 10.1 Å². The Labute approximate surface area is 118 Å². The maximum atomic E-state index is 5.56. The highest BCUT2D eigenvalue weighted by Crippen LogP contribution is 2.38. The third kappa shape index (κ3) is 3.72. The summed E-state index contributed by atoms with van der Waals surface area (Å²) >= 11 is 3.60. The molecule has 3 heteroatoms. The molecule has 0 spiro atoms. The second-order valence-corrected chi connectivity index (χ2v) is 5.77. The molecule has 1 unspecified atom stereocenters. The van der Waals surface area contributed by atoms with Crippen molar-refractivity contribution in [3.8, 4) is 5.75 Å². The zero-order chi connectivity index (χ0) is 13.0. The molecule has 1 fully saturated rings. The molecule has 0 bridgehead atoms. The molecule has 1 saturated carbocycles. The first kappa shape index (κ1) is 13.9. The Bertz CT molecular complexity index is 390. The van der Waals surface area contributed by atoms with Crippen LogP contribution in [-0.2, 0) is 0 Å². The summed E-state index contributed by atoms with van der Waals surface area (Å²) in [6.07, 6.45) is 4.06. The summed E-state index contributed by atoms with van der Waals surface area (Å²) in [6, 6.07) is 6.93. The van der Waals surface area contributed by atoms with Crippen LogP contribution in [0.1, 0.15) is 44.7 Å². The molecule has 0 aliphatic heterocycles. The third-order valence-electron chi connectivity index (χ3n) is 3.37. The van der Waals surface area contributed by atoms with Crippen LogP contribution in [0.5, 0.6) is 5.75 Å². The zero-order valence-electron chi connectivity index (χ0n) is 11.2. The molecule has 1 aromatic rings. The molecular formula is C15H22BrNO. The van der Waals surface area contributed by atoms with Gasteiger partial charge in [0, 0.05) is 6.04 Å². The molecule has 0 aromatic heterocycles. The number of halogens is 1. The molecule has 1 atom stereocenters. The minimum absolute atomic E-state index is 0.481. The molecular weight excluding hydrogens is 290 g/mol. The number of hydrogen-bond donors (Lipinski definition) is 1. The summed E-state index contributed by atoms with van der Waals surface area (Å²) in [6.45, 7) is 5.90. The first-order chi connectivity index (χ1) is 8.74. The standard InChI is InChI=1S/C15H22BrNO/c1-3-17-14(9-11-5-6-11)12-7-8-15(18-4-2)13(16)10-12/h7-8,10-11,14,17H,3-6,9H2,1-2H3. The Balaban J connectivity index is 2.10. The van der Waals surface area contributed by atoms with Crippen LogP contribution in [0.3, 0.4) is 0 Å². The SMILES string of the molecule is CCNC(CC1CC1)c1ccc(OCC)c(Br)c1. The van der Waals surface area contributed by atoms with Gasteiger partial charge in [-0.1, -0.05) is 25.8 Å². The van der Waals surface area contributed by atoms with E-state index in [4.69, 9.17) is 4.74 Å². The first-order valence-corrected chi connectivity index (χ1v) is 7.69. The summed E-state index contributed by atoms with van der Waals surface area (Å²) in [4.78, 5) is 0. The fourth-order valence-corrected chi connectivity index (χ4v) is 2.79. The maximum Gasteiger partial charge on any atom is 0.133 e. The van der Waals surface area contributed by atoms with Gasteiger partial charge in [0.05, 0.1) is 11.1 Å². The molecule has 18 heavy (non-hydrogen) atoms. The summed E-state index contributed by atoms with van der Waals surface area (Å²) < 4.78 is 6.61. The van der Waals surface area contributed by atoms with Crippen molar-refractivity contribution in [1.82, 2.24) is 5.32 Å². The monoisotopic (exact) mass is 311 g/mol. The third-order valence-corrected chi connectivity index (χ3v) is 3.99. The van der Waals surface area contributed by atoms with Crippen molar-refractivity contribution >= 4 is 15.9 Å². The fourth-order valence-electron chi connectivity index (χ4n) is 2.28. The van der Waals surface area contributed by atoms with Gasteiger partial charge in [-0.3, -0.25) is 0 Å². The number of benzene rings is 1. The molecule has 1 aromatic carbocycles. The lowest BCUT2D eigenvalue weighted by molar-refractivity contribution is 0.338. The normalized spacial score (nSPS) is 16.6. The van der Waals surface area contributed by atoms with Gasteiger partial charge >= 0.3 is 0 Å². The second kappa shape index (κ2) is 6.58. The van der Waals surface area contributed by atoms with Gasteiger partial charge in [0.1, 0.15) is 5.75 Å². The van der Waals surface area contributed by atoms with E-state index in [1.54, 1.807) is 0 Å². The van der Waals surface area contributed by atoms with E-state index in [-0.39, 0.29) is 0 Å². The van der Waals surface area contributed by atoms with Crippen molar-refractivity contribution in [2.45, 2.75) is 39.2 Å². The van der Waals surface area contributed by atoms with Crippen LogP contribution in [-0.4, -0.2) is 13.2 Å². The Kier molecular flexibility index (Phi) is 5.07. The van der Waals surface area contributed by atoms with Crippen LogP contribution in [0, 0.1) is 5.92 Å². The van der Waals surface area contributed by atoms with Crippen molar-refractivity contribution in [1.29, 1.82) is 0 Å². The van der Waals surface area contributed by atoms with Crippen LogP contribution >= 0.6 is 15.9 Å². The van der Waals surface area contributed by atoms with E-state index in [0.29, 0.717) is 12.6 Å². The highest BCUT2D eigenvalue weighted by Gasteiger charge is 2.26. The summed E-state index contributed by atoms with van der Waals surface area (Å²) in [5, 5.41) is 3.59. The Hall–Kier alpha value is -0.540. The lowest BCUT2D eigenvalue weighted by atomic mass is 10.0. The number of nitrogens with one attached hydrogen (secondary N) is 1. The van der Waals surface area contributed by atoms with Crippen molar-refractivity contribution in [2.75, 3.05) is 13.2 Å². The highest BCUT2D eigenvalue weighted by atomic mass is 79.9. The van der Waals surface area contributed by atoms with E-state index >= 15 is 0 Å². The number of rotatable bonds is 7. The minimum atomic E-state index is 0.481. The van der Waals surface area contributed by atoms with Crippen LogP contribution in [0.15, 0.2) is 22.7 Å². The Morgan fingerprint density at radius 1 is 1.39 bits per heavy atom. The van der Waals surface area contributed by atoms with Crippen molar-refractivity contribution in [2.24, 2.45) is 5.92 Å².